The maximum Gasteiger partial charge on any atom is 0.324 e. The lowest BCUT2D eigenvalue weighted by atomic mass is 9.76. The topological polar surface area (TPSA) is 66.5 Å². The van der Waals surface area contributed by atoms with Crippen LogP contribution in [0.2, 0.25) is 0 Å². The minimum atomic E-state index is -0.762. The molecule has 1 saturated heterocycles. The summed E-state index contributed by atoms with van der Waals surface area (Å²) in [4.78, 5) is 36.7. The fourth-order valence-corrected chi connectivity index (χ4v) is 3.12. The Hall–Kier alpha value is -2.17. The van der Waals surface area contributed by atoms with Gasteiger partial charge in [0.25, 0.3) is 5.91 Å². The molecular formula is C15H16N2O3. The number of hydrogen-bond donors (Lipinski definition) is 1. The highest BCUT2D eigenvalue weighted by Gasteiger charge is 2.52. The minimum Gasteiger partial charge on any atom is -0.312 e. The average Bonchev–Trinajstić information content (AvgIpc) is 2.62. The third-order valence-corrected chi connectivity index (χ3v) is 4.49. The van der Waals surface area contributed by atoms with Crippen LogP contribution >= 0.6 is 0 Å². The zero-order valence-electron chi connectivity index (χ0n) is 11.5. The van der Waals surface area contributed by atoms with Crippen LogP contribution in [0.25, 0.3) is 0 Å². The number of amides is 3. The van der Waals surface area contributed by atoms with Crippen LogP contribution in [-0.2, 0) is 17.6 Å². The van der Waals surface area contributed by atoms with Gasteiger partial charge in [-0.1, -0.05) is 12.1 Å². The second kappa shape index (κ2) is 4.16. The zero-order chi connectivity index (χ0) is 14.5. The summed E-state index contributed by atoms with van der Waals surface area (Å²) in [6, 6.07) is 5.25. The number of carbonyl (C=O) groups excluding carboxylic acids is 3. The van der Waals surface area contributed by atoms with Gasteiger partial charge in [0.15, 0.2) is 5.78 Å². The standard InChI is InChI=1S/C15H16N2O3/c1-9(18)10-3-4-12-8-15(6-5-11(12)7-10)13(19)16-14(20)17(15)2/h3-4,7H,5-6,8H2,1-2H3,(H,16,19,20). The molecule has 1 unspecified atom stereocenters. The van der Waals surface area contributed by atoms with Crippen molar-refractivity contribution in [2.45, 2.75) is 31.7 Å². The number of urea groups is 1. The first kappa shape index (κ1) is 12.8. The van der Waals surface area contributed by atoms with Crippen LogP contribution < -0.4 is 5.32 Å². The van der Waals surface area contributed by atoms with E-state index in [-0.39, 0.29) is 17.7 Å². The summed E-state index contributed by atoms with van der Waals surface area (Å²) in [6.45, 7) is 1.54. The molecule has 1 spiro atoms. The molecule has 1 aromatic carbocycles. The molecule has 1 N–H and O–H groups in total. The first-order chi connectivity index (χ1) is 9.44. The highest BCUT2D eigenvalue weighted by atomic mass is 16.2. The van der Waals surface area contributed by atoms with Crippen LogP contribution in [0.15, 0.2) is 18.2 Å². The number of nitrogens with zero attached hydrogens (tertiary/aromatic N) is 1. The van der Waals surface area contributed by atoms with Crippen molar-refractivity contribution >= 4 is 17.7 Å². The molecule has 3 rings (SSSR count). The molecule has 1 fully saturated rings. The molecule has 0 aromatic heterocycles. The number of imide groups is 1. The zero-order valence-corrected chi connectivity index (χ0v) is 11.5. The number of carbonyl (C=O) groups is 3. The average molecular weight is 272 g/mol. The number of ketones is 1. The lowest BCUT2D eigenvalue weighted by molar-refractivity contribution is -0.126. The van der Waals surface area contributed by atoms with Crippen molar-refractivity contribution in [1.82, 2.24) is 10.2 Å². The molecule has 1 aromatic rings. The summed E-state index contributed by atoms with van der Waals surface area (Å²) in [6.07, 6.45) is 1.80. The van der Waals surface area contributed by atoms with Gasteiger partial charge in [-0.15, -0.1) is 0 Å². The molecule has 1 heterocycles. The Kier molecular flexibility index (Phi) is 2.67. The van der Waals surface area contributed by atoms with E-state index in [0.717, 1.165) is 11.1 Å². The van der Waals surface area contributed by atoms with Crippen molar-refractivity contribution in [3.8, 4) is 0 Å². The molecular weight excluding hydrogens is 256 g/mol. The van der Waals surface area contributed by atoms with E-state index in [2.05, 4.69) is 5.32 Å². The van der Waals surface area contributed by atoms with Crippen molar-refractivity contribution in [1.29, 1.82) is 0 Å². The molecule has 0 saturated carbocycles. The van der Waals surface area contributed by atoms with Crippen molar-refractivity contribution in [3.63, 3.8) is 0 Å². The van der Waals surface area contributed by atoms with E-state index in [1.807, 2.05) is 12.1 Å². The largest absolute Gasteiger partial charge is 0.324 e. The third-order valence-electron chi connectivity index (χ3n) is 4.49. The van der Waals surface area contributed by atoms with E-state index < -0.39 is 5.54 Å². The maximum absolute atomic E-state index is 12.1. The van der Waals surface area contributed by atoms with Gasteiger partial charge in [0.1, 0.15) is 5.54 Å². The monoisotopic (exact) mass is 272 g/mol. The van der Waals surface area contributed by atoms with Gasteiger partial charge in [-0.3, -0.25) is 14.9 Å². The maximum atomic E-state index is 12.1. The van der Waals surface area contributed by atoms with Gasteiger partial charge in [-0.05, 0) is 37.0 Å². The van der Waals surface area contributed by atoms with Gasteiger partial charge in [0.05, 0.1) is 0 Å². The van der Waals surface area contributed by atoms with Crippen LogP contribution in [0.5, 0.6) is 0 Å². The van der Waals surface area contributed by atoms with Gasteiger partial charge in [-0.2, -0.15) is 0 Å². The minimum absolute atomic E-state index is 0.0407. The molecule has 1 aliphatic heterocycles. The fourth-order valence-electron chi connectivity index (χ4n) is 3.12. The van der Waals surface area contributed by atoms with Gasteiger partial charge >= 0.3 is 6.03 Å². The van der Waals surface area contributed by atoms with E-state index in [0.29, 0.717) is 24.8 Å². The highest BCUT2D eigenvalue weighted by Crippen LogP contribution is 2.36. The van der Waals surface area contributed by atoms with Gasteiger partial charge in [-0.25, -0.2) is 4.79 Å². The Balaban J connectivity index is 1.99. The van der Waals surface area contributed by atoms with Gasteiger partial charge < -0.3 is 4.90 Å². The first-order valence-corrected chi connectivity index (χ1v) is 6.66. The molecule has 0 radical (unpaired) electrons. The van der Waals surface area contributed by atoms with E-state index in [1.54, 1.807) is 20.0 Å². The fraction of sp³-hybridized carbons (Fsp3) is 0.400. The lowest BCUT2D eigenvalue weighted by Gasteiger charge is -2.37. The third kappa shape index (κ3) is 1.66. The smallest absolute Gasteiger partial charge is 0.312 e. The van der Waals surface area contributed by atoms with Crippen molar-refractivity contribution in [3.05, 3.63) is 34.9 Å². The van der Waals surface area contributed by atoms with Gasteiger partial charge in [0, 0.05) is 19.0 Å². The molecule has 104 valence electrons. The summed E-state index contributed by atoms with van der Waals surface area (Å²) in [5.74, 6) is -0.176. The molecule has 1 aliphatic carbocycles. The summed E-state index contributed by atoms with van der Waals surface area (Å²) in [5.41, 5.74) is 2.07. The van der Waals surface area contributed by atoms with Crippen molar-refractivity contribution < 1.29 is 14.4 Å². The predicted octanol–water partition coefficient (Wildman–Crippen LogP) is 1.30. The lowest BCUT2D eigenvalue weighted by Crippen LogP contribution is -2.51. The number of hydrogen-bond acceptors (Lipinski definition) is 3. The summed E-state index contributed by atoms with van der Waals surface area (Å²) < 4.78 is 0. The second-order valence-electron chi connectivity index (χ2n) is 5.57. The summed E-state index contributed by atoms with van der Waals surface area (Å²) in [5, 5.41) is 2.38. The van der Waals surface area contributed by atoms with E-state index >= 15 is 0 Å². The summed E-state index contributed by atoms with van der Waals surface area (Å²) >= 11 is 0. The van der Waals surface area contributed by atoms with E-state index in [1.165, 1.54) is 4.90 Å². The van der Waals surface area contributed by atoms with Crippen LogP contribution in [0.3, 0.4) is 0 Å². The van der Waals surface area contributed by atoms with Crippen molar-refractivity contribution in [2.75, 3.05) is 7.05 Å². The number of likely N-dealkylation sites (N-methyl/N-ethyl adjacent to an activating group) is 1. The molecule has 1 atom stereocenters. The number of aryl methyl sites for hydroxylation is 1. The second-order valence-corrected chi connectivity index (χ2v) is 5.57. The number of rotatable bonds is 1. The normalized spacial score (nSPS) is 24.8. The van der Waals surface area contributed by atoms with Crippen LogP contribution in [0.4, 0.5) is 4.79 Å². The molecule has 2 aliphatic rings. The van der Waals surface area contributed by atoms with Gasteiger partial charge in [0.2, 0.25) is 0 Å². The number of Topliss-reactive ketones (excluding diaryl/α,β-unsaturated/α-hetero) is 1. The quantitative estimate of drug-likeness (QED) is 0.619. The highest BCUT2D eigenvalue weighted by molar-refractivity contribution is 6.07. The Morgan fingerprint density at radius 1 is 1.30 bits per heavy atom. The molecule has 0 bridgehead atoms. The Morgan fingerprint density at radius 3 is 2.65 bits per heavy atom. The van der Waals surface area contributed by atoms with Crippen LogP contribution in [0, 0.1) is 0 Å². The molecule has 5 heteroatoms. The SMILES string of the molecule is CC(=O)c1ccc2c(c1)CCC1(C2)C(=O)NC(=O)N1C. The summed E-state index contributed by atoms with van der Waals surface area (Å²) in [7, 11) is 1.66. The first-order valence-electron chi connectivity index (χ1n) is 6.66. The van der Waals surface area contributed by atoms with E-state index in [4.69, 9.17) is 0 Å². The van der Waals surface area contributed by atoms with E-state index in [9.17, 15) is 14.4 Å². The predicted molar refractivity (Wildman–Crippen MR) is 72.5 cm³/mol. The Bertz CT molecular complexity index is 638. The van der Waals surface area contributed by atoms with Crippen LogP contribution in [0.1, 0.15) is 34.8 Å². The van der Waals surface area contributed by atoms with Crippen molar-refractivity contribution in [2.24, 2.45) is 0 Å². The number of nitrogens with one attached hydrogen (secondary N) is 1. The molecule has 5 nitrogen and oxygen atoms in total. The Morgan fingerprint density at radius 2 is 2.05 bits per heavy atom. The number of fused-ring (bicyclic) bond motifs is 1. The molecule has 3 amide bonds. The van der Waals surface area contributed by atoms with Crippen LogP contribution in [-0.4, -0.2) is 35.2 Å². The number of benzene rings is 1. The molecule has 20 heavy (non-hydrogen) atoms. The Labute approximate surface area is 116 Å².